The summed E-state index contributed by atoms with van der Waals surface area (Å²) in [5.41, 5.74) is 0.248. The SMILES string of the molecule is COc1ccc(C(=O)O[C@@H]2[C@@H]3CCO[C@@H]4OC[C@@]5(O[C@@H]25)[C@@H]43)cc1. The average Bonchev–Trinajstić information content (AvgIpc) is 3.10. The summed E-state index contributed by atoms with van der Waals surface area (Å²) < 4.78 is 28.2. The number of carbonyl (C=O) groups is 1. The Morgan fingerprint density at radius 2 is 2.09 bits per heavy atom. The Bertz CT molecular complexity index is 643. The molecule has 6 nitrogen and oxygen atoms in total. The number of hydrogen-bond donors (Lipinski definition) is 0. The van der Waals surface area contributed by atoms with Gasteiger partial charge in [0.2, 0.25) is 0 Å². The van der Waals surface area contributed by atoms with Gasteiger partial charge in [-0.2, -0.15) is 0 Å². The fourth-order valence-corrected chi connectivity index (χ4v) is 4.45. The largest absolute Gasteiger partial charge is 0.497 e. The van der Waals surface area contributed by atoms with Crippen LogP contribution in [0.25, 0.3) is 0 Å². The maximum atomic E-state index is 12.5. The number of methoxy groups -OCH3 is 1. The van der Waals surface area contributed by atoms with Crippen LogP contribution in [-0.2, 0) is 18.9 Å². The summed E-state index contributed by atoms with van der Waals surface area (Å²) in [6, 6.07) is 6.95. The molecule has 1 spiro atoms. The quantitative estimate of drug-likeness (QED) is 0.620. The third kappa shape index (κ3) is 1.83. The minimum Gasteiger partial charge on any atom is -0.497 e. The van der Waals surface area contributed by atoms with Crippen LogP contribution in [0.15, 0.2) is 24.3 Å². The highest BCUT2D eigenvalue weighted by Gasteiger charge is 2.80. The van der Waals surface area contributed by atoms with E-state index in [9.17, 15) is 4.79 Å². The Hall–Kier alpha value is -1.63. The molecule has 1 aromatic carbocycles. The predicted molar refractivity (Wildman–Crippen MR) is 77.1 cm³/mol. The van der Waals surface area contributed by atoms with Crippen molar-refractivity contribution in [2.24, 2.45) is 11.8 Å². The molecule has 6 heteroatoms. The van der Waals surface area contributed by atoms with E-state index in [0.717, 1.165) is 6.42 Å². The Morgan fingerprint density at radius 3 is 2.87 bits per heavy atom. The van der Waals surface area contributed by atoms with Gasteiger partial charge >= 0.3 is 5.97 Å². The Kier molecular flexibility index (Phi) is 2.81. The van der Waals surface area contributed by atoms with Crippen LogP contribution in [0.3, 0.4) is 0 Å². The number of epoxide rings is 1. The molecular formula is C17H18O6. The Labute approximate surface area is 133 Å². The molecule has 0 N–H and O–H groups in total. The molecule has 1 aromatic rings. The van der Waals surface area contributed by atoms with Crippen LogP contribution < -0.4 is 4.74 Å². The summed E-state index contributed by atoms with van der Waals surface area (Å²) in [5, 5.41) is 0. The number of esters is 1. The number of ether oxygens (including phenoxy) is 5. The molecule has 6 atom stereocenters. The molecule has 3 saturated heterocycles. The highest BCUT2D eigenvalue weighted by atomic mass is 16.7. The molecule has 0 radical (unpaired) electrons. The van der Waals surface area contributed by atoms with Crippen LogP contribution in [0.1, 0.15) is 16.8 Å². The summed E-state index contributed by atoms with van der Waals surface area (Å²) in [6.07, 6.45) is 0.423. The topological polar surface area (TPSA) is 66.5 Å². The fourth-order valence-electron chi connectivity index (χ4n) is 4.45. The Morgan fingerprint density at radius 1 is 1.26 bits per heavy atom. The number of carbonyl (C=O) groups excluding carboxylic acids is 1. The number of rotatable bonds is 3. The van der Waals surface area contributed by atoms with Crippen LogP contribution >= 0.6 is 0 Å². The minimum atomic E-state index is -0.313. The second-order valence-corrected chi connectivity index (χ2v) is 6.62. The first-order chi connectivity index (χ1) is 11.2. The Balaban J connectivity index is 1.35. The van der Waals surface area contributed by atoms with E-state index >= 15 is 0 Å². The van der Waals surface area contributed by atoms with Crippen molar-refractivity contribution in [1.29, 1.82) is 0 Å². The maximum absolute atomic E-state index is 12.5. The third-order valence-corrected chi connectivity index (χ3v) is 5.59. The first kappa shape index (κ1) is 13.8. The van der Waals surface area contributed by atoms with Gasteiger partial charge in [-0.3, -0.25) is 0 Å². The van der Waals surface area contributed by atoms with E-state index in [2.05, 4.69) is 0 Å². The molecule has 0 unspecified atom stereocenters. The van der Waals surface area contributed by atoms with Crippen molar-refractivity contribution < 1.29 is 28.5 Å². The predicted octanol–water partition coefficient (Wildman–Crippen LogP) is 1.38. The van der Waals surface area contributed by atoms with Crippen molar-refractivity contribution in [3.05, 3.63) is 29.8 Å². The molecule has 0 amide bonds. The normalized spacial score (nSPS) is 42.7. The smallest absolute Gasteiger partial charge is 0.338 e. The zero-order valence-electron chi connectivity index (χ0n) is 12.8. The molecule has 0 aromatic heterocycles. The minimum absolute atomic E-state index is 0.0496. The molecule has 1 aliphatic carbocycles. The molecule has 1 saturated carbocycles. The summed E-state index contributed by atoms with van der Waals surface area (Å²) in [7, 11) is 1.60. The van der Waals surface area contributed by atoms with E-state index in [0.29, 0.717) is 24.5 Å². The van der Waals surface area contributed by atoms with Crippen molar-refractivity contribution in [3.8, 4) is 5.75 Å². The molecular weight excluding hydrogens is 300 g/mol. The molecule has 122 valence electrons. The van der Waals surface area contributed by atoms with E-state index in [4.69, 9.17) is 23.7 Å². The molecule has 23 heavy (non-hydrogen) atoms. The third-order valence-electron chi connectivity index (χ3n) is 5.59. The lowest BCUT2D eigenvalue weighted by Gasteiger charge is -2.34. The zero-order chi connectivity index (χ0) is 15.6. The van der Waals surface area contributed by atoms with Gasteiger partial charge in [-0.05, 0) is 30.7 Å². The van der Waals surface area contributed by atoms with E-state index in [1.165, 1.54) is 0 Å². The fraction of sp³-hybridized carbons (Fsp3) is 0.588. The summed E-state index contributed by atoms with van der Waals surface area (Å²) in [6.45, 7) is 1.19. The van der Waals surface area contributed by atoms with Gasteiger partial charge in [0.05, 0.1) is 31.8 Å². The highest BCUT2D eigenvalue weighted by Crippen LogP contribution is 2.64. The first-order valence-electron chi connectivity index (χ1n) is 7.99. The molecule has 0 bridgehead atoms. The van der Waals surface area contributed by atoms with Gasteiger partial charge in [0, 0.05) is 5.92 Å². The van der Waals surface area contributed by atoms with Gasteiger partial charge in [0.15, 0.2) is 6.29 Å². The van der Waals surface area contributed by atoms with Crippen molar-refractivity contribution in [1.82, 2.24) is 0 Å². The molecule has 4 fully saturated rings. The van der Waals surface area contributed by atoms with E-state index in [-0.39, 0.29) is 41.9 Å². The number of hydrogen-bond acceptors (Lipinski definition) is 6. The van der Waals surface area contributed by atoms with Crippen molar-refractivity contribution in [2.45, 2.75) is 30.5 Å². The van der Waals surface area contributed by atoms with Crippen molar-refractivity contribution in [3.63, 3.8) is 0 Å². The van der Waals surface area contributed by atoms with Crippen LogP contribution in [-0.4, -0.2) is 50.4 Å². The van der Waals surface area contributed by atoms with Crippen LogP contribution in [0, 0.1) is 11.8 Å². The van der Waals surface area contributed by atoms with Crippen LogP contribution in [0.2, 0.25) is 0 Å². The monoisotopic (exact) mass is 318 g/mol. The summed E-state index contributed by atoms with van der Waals surface area (Å²) in [5.74, 6) is 0.852. The van der Waals surface area contributed by atoms with Crippen LogP contribution in [0.5, 0.6) is 5.75 Å². The van der Waals surface area contributed by atoms with Crippen molar-refractivity contribution >= 4 is 5.97 Å². The number of benzene rings is 1. The van der Waals surface area contributed by atoms with Gasteiger partial charge in [-0.15, -0.1) is 0 Å². The lowest BCUT2D eigenvalue weighted by Crippen LogP contribution is -2.41. The first-order valence-corrected chi connectivity index (χ1v) is 7.99. The van der Waals surface area contributed by atoms with Crippen molar-refractivity contribution in [2.75, 3.05) is 20.3 Å². The molecule has 4 aliphatic rings. The molecule has 3 heterocycles. The van der Waals surface area contributed by atoms with Crippen LogP contribution in [0.4, 0.5) is 0 Å². The highest BCUT2D eigenvalue weighted by molar-refractivity contribution is 5.89. The maximum Gasteiger partial charge on any atom is 0.338 e. The lowest BCUT2D eigenvalue weighted by atomic mass is 9.85. The molecule has 5 rings (SSSR count). The van der Waals surface area contributed by atoms with Gasteiger partial charge < -0.3 is 23.7 Å². The second kappa shape index (κ2) is 4.69. The van der Waals surface area contributed by atoms with Gasteiger partial charge in [-0.25, -0.2) is 4.79 Å². The molecule has 3 aliphatic heterocycles. The average molecular weight is 318 g/mol. The van der Waals surface area contributed by atoms with Gasteiger partial charge in [0.1, 0.15) is 23.6 Å². The lowest BCUT2D eigenvalue weighted by molar-refractivity contribution is -0.179. The van der Waals surface area contributed by atoms with Gasteiger partial charge in [0.25, 0.3) is 0 Å². The summed E-state index contributed by atoms with van der Waals surface area (Å²) in [4.78, 5) is 12.5. The van der Waals surface area contributed by atoms with Gasteiger partial charge in [-0.1, -0.05) is 0 Å². The standard InChI is InChI=1S/C17H18O6/c1-19-10-4-2-9(3-5-10)15(18)22-13-11-6-7-20-16-12(11)17(8-21-16)14(13)23-17/h2-5,11-14,16H,6-8H2,1H3/t11-,12-,13-,14+,16-,17-/m1/s1. The second-order valence-electron chi connectivity index (χ2n) is 6.62. The van der Waals surface area contributed by atoms with E-state index in [1.807, 2.05) is 0 Å². The van der Waals surface area contributed by atoms with E-state index < -0.39 is 0 Å². The summed E-state index contributed by atoms with van der Waals surface area (Å²) >= 11 is 0. The van der Waals surface area contributed by atoms with E-state index in [1.54, 1.807) is 31.4 Å². The zero-order valence-corrected chi connectivity index (χ0v) is 12.8.